The Morgan fingerprint density at radius 2 is 2.12 bits per heavy atom. The van der Waals surface area contributed by atoms with Gasteiger partial charge in [0.2, 0.25) is 0 Å². The molecule has 0 spiro atoms. The first kappa shape index (κ1) is 13.3. The minimum atomic E-state index is -0.0929. The number of hydrogen-bond acceptors (Lipinski definition) is 3. The maximum absolute atomic E-state index is 10.1. The lowest BCUT2D eigenvalue weighted by Crippen LogP contribution is -2.40. The maximum Gasteiger partial charge on any atom is 0.0710 e. The van der Waals surface area contributed by atoms with Crippen molar-refractivity contribution in [3.8, 4) is 0 Å². The fourth-order valence-corrected chi connectivity index (χ4v) is 3.40. The number of aliphatic hydroxyl groups is 1. The molecule has 3 unspecified atom stereocenters. The summed E-state index contributed by atoms with van der Waals surface area (Å²) in [4.78, 5) is 2.46. The summed E-state index contributed by atoms with van der Waals surface area (Å²) in [6.45, 7) is 7.87. The van der Waals surface area contributed by atoms with E-state index in [1.54, 1.807) is 7.11 Å². The highest BCUT2D eigenvalue weighted by molar-refractivity contribution is 4.88. The fourth-order valence-electron chi connectivity index (χ4n) is 3.40. The van der Waals surface area contributed by atoms with Gasteiger partial charge >= 0.3 is 0 Å². The molecule has 17 heavy (non-hydrogen) atoms. The second-order valence-electron chi connectivity index (χ2n) is 6.64. The number of likely N-dealkylation sites (tertiary alicyclic amines) is 1. The topological polar surface area (TPSA) is 32.7 Å². The predicted octanol–water partition coefficient (Wildman–Crippen LogP) is 1.89. The third-order valence-corrected chi connectivity index (χ3v) is 4.53. The molecule has 1 aliphatic carbocycles. The maximum atomic E-state index is 10.1. The fraction of sp³-hybridized carbons (Fsp3) is 1.00. The van der Waals surface area contributed by atoms with Gasteiger partial charge in [0.05, 0.1) is 12.2 Å². The first-order valence-corrected chi connectivity index (χ1v) is 6.93. The number of aliphatic hydroxyl groups excluding tert-OH is 1. The Bertz CT molecular complexity index is 255. The quantitative estimate of drug-likeness (QED) is 0.819. The van der Waals surface area contributed by atoms with E-state index in [4.69, 9.17) is 4.74 Å². The molecular weight excluding hydrogens is 214 g/mol. The van der Waals surface area contributed by atoms with Gasteiger partial charge in [-0.3, -0.25) is 0 Å². The van der Waals surface area contributed by atoms with E-state index in [1.807, 2.05) is 0 Å². The summed E-state index contributed by atoms with van der Waals surface area (Å²) in [6.07, 6.45) is 4.74. The van der Waals surface area contributed by atoms with E-state index in [-0.39, 0.29) is 6.10 Å². The monoisotopic (exact) mass is 241 g/mol. The van der Waals surface area contributed by atoms with Gasteiger partial charge < -0.3 is 14.7 Å². The lowest BCUT2D eigenvalue weighted by molar-refractivity contribution is 0.00497. The molecular formula is C14H27NO2. The molecule has 1 aliphatic heterocycles. The zero-order valence-electron chi connectivity index (χ0n) is 11.5. The average Bonchev–Trinajstić information content (AvgIpc) is 2.71. The molecule has 3 nitrogen and oxygen atoms in total. The van der Waals surface area contributed by atoms with Crippen LogP contribution in [-0.4, -0.2) is 49.0 Å². The lowest BCUT2D eigenvalue weighted by atomic mass is 9.71. The SMILES string of the molecule is COC1CCN(CC2CC(C)(C)CCC2O)C1. The van der Waals surface area contributed by atoms with Crippen LogP contribution in [0.25, 0.3) is 0 Å². The highest BCUT2D eigenvalue weighted by atomic mass is 16.5. The van der Waals surface area contributed by atoms with Crippen LogP contribution in [0.1, 0.15) is 39.5 Å². The van der Waals surface area contributed by atoms with Crippen LogP contribution in [-0.2, 0) is 4.74 Å². The predicted molar refractivity (Wildman–Crippen MR) is 69.0 cm³/mol. The molecule has 0 aromatic rings. The molecule has 2 fully saturated rings. The third-order valence-electron chi connectivity index (χ3n) is 4.53. The third kappa shape index (κ3) is 3.43. The van der Waals surface area contributed by atoms with Gasteiger partial charge in [-0.05, 0) is 37.0 Å². The summed E-state index contributed by atoms with van der Waals surface area (Å²) < 4.78 is 5.39. The van der Waals surface area contributed by atoms with Crippen molar-refractivity contribution < 1.29 is 9.84 Å². The molecule has 0 amide bonds. The summed E-state index contributed by atoms with van der Waals surface area (Å²) in [5, 5.41) is 10.1. The number of methoxy groups -OCH3 is 1. The molecule has 1 saturated heterocycles. The summed E-state index contributed by atoms with van der Waals surface area (Å²) in [5.41, 5.74) is 0.407. The van der Waals surface area contributed by atoms with Crippen molar-refractivity contribution >= 4 is 0 Å². The number of nitrogens with zero attached hydrogens (tertiary/aromatic N) is 1. The lowest BCUT2D eigenvalue weighted by Gasteiger charge is -2.40. The molecule has 0 aromatic heterocycles. The Balaban J connectivity index is 1.85. The highest BCUT2D eigenvalue weighted by Gasteiger charge is 2.35. The Kier molecular flexibility index (Phi) is 4.11. The van der Waals surface area contributed by atoms with E-state index >= 15 is 0 Å². The number of hydrogen-bond donors (Lipinski definition) is 1. The zero-order chi connectivity index (χ0) is 12.5. The van der Waals surface area contributed by atoms with E-state index in [0.29, 0.717) is 17.4 Å². The van der Waals surface area contributed by atoms with Crippen LogP contribution in [0.3, 0.4) is 0 Å². The minimum Gasteiger partial charge on any atom is -0.393 e. The average molecular weight is 241 g/mol. The van der Waals surface area contributed by atoms with Gasteiger partial charge in [-0.2, -0.15) is 0 Å². The molecule has 100 valence electrons. The van der Waals surface area contributed by atoms with Crippen LogP contribution in [0.2, 0.25) is 0 Å². The van der Waals surface area contributed by atoms with Crippen LogP contribution in [0.4, 0.5) is 0 Å². The summed E-state index contributed by atoms with van der Waals surface area (Å²) in [6, 6.07) is 0. The molecule has 0 aromatic carbocycles. The molecule has 2 aliphatic rings. The molecule has 3 atom stereocenters. The van der Waals surface area contributed by atoms with Gasteiger partial charge in [-0.15, -0.1) is 0 Å². The second kappa shape index (κ2) is 5.25. The molecule has 0 radical (unpaired) electrons. The van der Waals surface area contributed by atoms with Gasteiger partial charge in [0.1, 0.15) is 0 Å². The summed E-state index contributed by atoms with van der Waals surface area (Å²) >= 11 is 0. The second-order valence-corrected chi connectivity index (χ2v) is 6.64. The van der Waals surface area contributed by atoms with Crippen molar-refractivity contribution in [2.24, 2.45) is 11.3 Å². The molecule has 3 heteroatoms. The van der Waals surface area contributed by atoms with Crippen molar-refractivity contribution in [2.75, 3.05) is 26.7 Å². The highest BCUT2D eigenvalue weighted by Crippen LogP contribution is 2.39. The van der Waals surface area contributed by atoms with Gasteiger partial charge in [0.25, 0.3) is 0 Å². The van der Waals surface area contributed by atoms with E-state index in [1.165, 1.54) is 0 Å². The minimum absolute atomic E-state index is 0.0929. The zero-order valence-corrected chi connectivity index (χ0v) is 11.5. The van der Waals surface area contributed by atoms with Crippen molar-refractivity contribution in [3.05, 3.63) is 0 Å². The van der Waals surface area contributed by atoms with Crippen molar-refractivity contribution in [1.82, 2.24) is 4.90 Å². The Hall–Kier alpha value is -0.120. The smallest absolute Gasteiger partial charge is 0.0710 e. The summed E-state index contributed by atoms with van der Waals surface area (Å²) in [5.74, 6) is 0.453. The van der Waals surface area contributed by atoms with E-state index in [2.05, 4.69) is 18.7 Å². The Morgan fingerprint density at radius 3 is 2.76 bits per heavy atom. The largest absolute Gasteiger partial charge is 0.393 e. The van der Waals surface area contributed by atoms with Gasteiger partial charge in [0, 0.05) is 26.7 Å². The standard InChI is InChI=1S/C14H27NO2/c1-14(2)6-4-13(16)11(8-14)9-15-7-5-12(10-15)17-3/h11-13,16H,4-10H2,1-3H3. The molecule has 0 bridgehead atoms. The normalized spacial score (nSPS) is 38.5. The first-order valence-electron chi connectivity index (χ1n) is 6.93. The van der Waals surface area contributed by atoms with Crippen LogP contribution in [0.5, 0.6) is 0 Å². The van der Waals surface area contributed by atoms with Crippen molar-refractivity contribution in [2.45, 2.75) is 51.7 Å². The van der Waals surface area contributed by atoms with E-state index < -0.39 is 0 Å². The van der Waals surface area contributed by atoms with E-state index in [0.717, 1.165) is 45.3 Å². The van der Waals surface area contributed by atoms with Crippen molar-refractivity contribution in [3.63, 3.8) is 0 Å². The molecule has 2 rings (SSSR count). The van der Waals surface area contributed by atoms with E-state index in [9.17, 15) is 5.11 Å². The number of rotatable bonds is 3. The number of ether oxygens (including phenoxy) is 1. The molecule has 1 N–H and O–H groups in total. The first-order chi connectivity index (χ1) is 8.00. The Labute approximate surface area is 105 Å². The van der Waals surface area contributed by atoms with Gasteiger partial charge in [-0.1, -0.05) is 13.8 Å². The van der Waals surface area contributed by atoms with Crippen LogP contribution < -0.4 is 0 Å². The van der Waals surface area contributed by atoms with Gasteiger partial charge in [0.15, 0.2) is 0 Å². The van der Waals surface area contributed by atoms with Crippen molar-refractivity contribution in [1.29, 1.82) is 0 Å². The van der Waals surface area contributed by atoms with Gasteiger partial charge in [-0.25, -0.2) is 0 Å². The Morgan fingerprint density at radius 1 is 1.35 bits per heavy atom. The van der Waals surface area contributed by atoms with Crippen LogP contribution >= 0.6 is 0 Å². The van der Waals surface area contributed by atoms with Crippen LogP contribution in [0, 0.1) is 11.3 Å². The molecule has 1 saturated carbocycles. The van der Waals surface area contributed by atoms with Crippen LogP contribution in [0.15, 0.2) is 0 Å². The summed E-state index contributed by atoms with van der Waals surface area (Å²) in [7, 11) is 1.80. The molecule has 1 heterocycles.